The first-order valence-corrected chi connectivity index (χ1v) is 7.43. The molecule has 0 radical (unpaired) electrons. The number of benzene rings is 2. The minimum absolute atomic E-state index is 0.0275. The van der Waals surface area contributed by atoms with Crippen molar-refractivity contribution in [2.24, 2.45) is 0 Å². The summed E-state index contributed by atoms with van der Waals surface area (Å²) < 4.78 is 0. The van der Waals surface area contributed by atoms with Gasteiger partial charge in [-0.05, 0) is 36.8 Å². The molecule has 0 saturated heterocycles. The van der Waals surface area contributed by atoms with Crippen molar-refractivity contribution in [3.05, 3.63) is 58.1 Å². The highest BCUT2D eigenvalue weighted by molar-refractivity contribution is 6.35. The number of carbonyl (C=O) groups is 1. The van der Waals surface area contributed by atoms with E-state index in [1.54, 1.807) is 17.0 Å². The fourth-order valence-corrected chi connectivity index (χ4v) is 2.93. The van der Waals surface area contributed by atoms with E-state index in [9.17, 15) is 4.79 Å². The molecule has 0 aromatic heterocycles. The molecule has 1 atom stereocenters. The molecule has 5 heteroatoms. The third kappa shape index (κ3) is 2.71. The smallest absolute Gasteiger partial charge is 0.249 e. The van der Waals surface area contributed by atoms with E-state index in [1.807, 2.05) is 37.3 Å². The van der Waals surface area contributed by atoms with Gasteiger partial charge in [0.1, 0.15) is 6.04 Å². The van der Waals surface area contributed by atoms with Gasteiger partial charge >= 0.3 is 0 Å². The normalized spacial score (nSPS) is 17.4. The molecule has 3 rings (SSSR count). The summed E-state index contributed by atoms with van der Waals surface area (Å²) >= 11 is 12.1. The zero-order chi connectivity index (χ0) is 15.0. The molecule has 1 aliphatic heterocycles. The number of anilines is 2. The molecule has 108 valence electrons. The van der Waals surface area contributed by atoms with E-state index < -0.39 is 0 Å². The maximum atomic E-state index is 12.5. The van der Waals surface area contributed by atoms with E-state index in [-0.39, 0.29) is 11.9 Å². The topological polar surface area (TPSA) is 32.3 Å². The Morgan fingerprint density at radius 2 is 1.95 bits per heavy atom. The van der Waals surface area contributed by atoms with E-state index in [1.165, 1.54) is 0 Å². The van der Waals surface area contributed by atoms with Crippen LogP contribution in [-0.4, -0.2) is 11.9 Å². The third-order valence-electron chi connectivity index (χ3n) is 3.55. The maximum Gasteiger partial charge on any atom is 0.249 e. The highest BCUT2D eigenvalue weighted by Gasteiger charge is 2.29. The van der Waals surface area contributed by atoms with Crippen LogP contribution in [0.1, 0.15) is 12.5 Å². The number of nitrogens with one attached hydrogen (secondary N) is 1. The van der Waals surface area contributed by atoms with E-state index >= 15 is 0 Å². The molecule has 0 aliphatic carbocycles. The second-order valence-electron chi connectivity index (χ2n) is 5.04. The van der Waals surface area contributed by atoms with E-state index in [0.717, 1.165) is 16.9 Å². The molecular weight excluding hydrogens is 307 g/mol. The summed E-state index contributed by atoms with van der Waals surface area (Å²) in [5, 5.41) is 4.36. The lowest BCUT2D eigenvalue weighted by Crippen LogP contribution is -2.45. The Kier molecular flexibility index (Phi) is 3.79. The Hall–Kier alpha value is -1.71. The average Bonchev–Trinajstić information content (AvgIpc) is 2.46. The van der Waals surface area contributed by atoms with Crippen LogP contribution >= 0.6 is 23.2 Å². The summed E-state index contributed by atoms with van der Waals surface area (Å²) in [4.78, 5) is 14.2. The number of hydrogen-bond acceptors (Lipinski definition) is 2. The fourth-order valence-electron chi connectivity index (χ4n) is 2.46. The lowest BCUT2D eigenvalue weighted by Gasteiger charge is -2.34. The predicted octanol–water partition coefficient (Wildman–Crippen LogP) is 4.34. The van der Waals surface area contributed by atoms with Gasteiger partial charge in [0.25, 0.3) is 0 Å². The summed E-state index contributed by atoms with van der Waals surface area (Å²) in [7, 11) is 0. The van der Waals surface area contributed by atoms with Gasteiger partial charge in [0.15, 0.2) is 0 Å². The SMILES string of the molecule is CC1Nc2ccccc2N(Cc2ccc(Cl)cc2Cl)C1=O. The summed E-state index contributed by atoms with van der Waals surface area (Å²) in [6, 6.07) is 12.8. The predicted molar refractivity (Wildman–Crippen MR) is 87.2 cm³/mol. The molecule has 1 heterocycles. The monoisotopic (exact) mass is 320 g/mol. The van der Waals surface area contributed by atoms with E-state index in [0.29, 0.717) is 16.6 Å². The van der Waals surface area contributed by atoms with Gasteiger partial charge in [-0.25, -0.2) is 0 Å². The van der Waals surface area contributed by atoms with Gasteiger partial charge in [-0.2, -0.15) is 0 Å². The van der Waals surface area contributed by atoms with Gasteiger partial charge in [-0.3, -0.25) is 4.79 Å². The van der Waals surface area contributed by atoms with Gasteiger partial charge in [-0.1, -0.05) is 41.4 Å². The first kappa shape index (κ1) is 14.2. The van der Waals surface area contributed by atoms with Crippen molar-refractivity contribution < 1.29 is 4.79 Å². The molecule has 0 saturated carbocycles. The van der Waals surface area contributed by atoms with Crippen molar-refractivity contribution in [1.82, 2.24) is 0 Å². The molecule has 1 N–H and O–H groups in total. The van der Waals surface area contributed by atoms with Gasteiger partial charge in [0.05, 0.1) is 17.9 Å². The van der Waals surface area contributed by atoms with Crippen molar-refractivity contribution in [2.45, 2.75) is 19.5 Å². The largest absolute Gasteiger partial charge is 0.372 e. The summed E-state index contributed by atoms with van der Waals surface area (Å²) in [6.45, 7) is 2.28. The van der Waals surface area contributed by atoms with Crippen LogP contribution < -0.4 is 10.2 Å². The molecule has 1 aliphatic rings. The van der Waals surface area contributed by atoms with Gasteiger partial charge in [0, 0.05) is 10.0 Å². The van der Waals surface area contributed by atoms with Crippen LogP contribution in [0.25, 0.3) is 0 Å². The highest BCUT2D eigenvalue weighted by atomic mass is 35.5. The number of halogens is 2. The van der Waals surface area contributed by atoms with Crippen LogP contribution in [0.15, 0.2) is 42.5 Å². The Morgan fingerprint density at radius 3 is 2.71 bits per heavy atom. The van der Waals surface area contributed by atoms with E-state index in [4.69, 9.17) is 23.2 Å². The van der Waals surface area contributed by atoms with Gasteiger partial charge in [0.2, 0.25) is 5.91 Å². The number of fused-ring (bicyclic) bond motifs is 1. The second kappa shape index (κ2) is 5.58. The summed E-state index contributed by atoms with van der Waals surface area (Å²) in [5.41, 5.74) is 2.69. The van der Waals surface area contributed by atoms with Crippen molar-refractivity contribution in [2.75, 3.05) is 10.2 Å². The number of carbonyl (C=O) groups excluding carboxylic acids is 1. The molecule has 1 unspecified atom stereocenters. The first-order chi connectivity index (χ1) is 10.1. The quantitative estimate of drug-likeness (QED) is 0.892. The zero-order valence-corrected chi connectivity index (χ0v) is 12.9. The Bertz CT molecular complexity index is 702. The molecule has 0 spiro atoms. The van der Waals surface area contributed by atoms with Crippen LogP contribution in [0.2, 0.25) is 10.0 Å². The zero-order valence-electron chi connectivity index (χ0n) is 11.4. The number of hydrogen-bond donors (Lipinski definition) is 1. The summed E-state index contributed by atoms with van der Waals surface area (Å²) in [6.07, 6.45) is 0. The highest BCUT2D eigenvalue weighted by Crippen LogP contribution is 2.33. The number of amides is 1. The molecule has 0 bridgehead atoms. The number of nitrogens with zero attached hydrogens (tertiary/aromatic N) is 1. The minimum atomic E-state index is -0.258. The Morgan fingerprint density at radius 1 is 1.19 bits per heavy atom. The fraction of sp³-hybridized carbons (Fsp3) is 0.188. The average molecular weight is 321 g/mol. The van der Waals surface area contributed by atoms with Crippen molar-refractivity contribution in [1.29, 1.82) is 0 Å². The van der Waals surface area contributed by atoms with Crippen LogP contribution in [0.5, 0.6) is 0 Å². The third-order valence-corrected chi connectivity index (χ3v) is 4.13. The lowest BCUT2D eigenvalue weighted by atomic mass is 10.1. The summed E-state index contributed by atoms with van der Waals surface area (Å²) in [5.74, 6) is 0.0275. The maximum absolute atomic E-state index is 12.5. The first-order valence-electron chi connectivity index (χ1n) is 6.67. The van der Waals surface area contributed by atoms with Crippen molar-refractivity contribution >= 4 is 40.5 Å². The van der Waals surface area contributed by atoms with Crippen molar-refractivity contribution in [3.63, 3.8) is 0 Å². The van der Waals surface area contributed by atoms with Gasteiger partial charge < -0.3 is 10.2 Å². The van der Waals surface area contributed by atoms with E-state index in [2.05, 4.69) is 5.32 Å². The number of rotatable bonds is 2. The van der Waals surface area contributed by atoms with Crippen molar-refractivity contribution in [3.8, 4) is 0 Å². The number of para-hydroxylation sites is 2. The molecular formula is C16H14Cl2N2O. The van der Waals surface area contributed by atoms with Crippen LogP contribution in [0.4, 0.5) is 11.4 Å². The van der Waals surface area contributed by atoms with Crippen LogP contribution in [0.3, 0.4) is 0 Å². The molecule has 1 amide bonds. The molecule has 21 heavy (non-hydrogen) atoms. The Balaban J connectivity index is 1.99. The lowest BCUT2D eigenvalue weighted by molar-refractivity contribution is -0.119. The second-order valence-corrected chi connectivity index (χ2v) is 5.89. The molecule has 3 nitrogen and oxygen atoms in total. The van der Waals surface area contributed by atoms with Crippen LogP contribution in [-0.2, 0) is 11.3 Å². The molecule has 2 aromatic carbocycles. The molecule has 0 fully saturated rings. The van der Waals surface area contributed by atoms with Gasteiger partial charge in [-0.15, -0.1) is 0 Å². The van der Waals surface area contributed by atoms with Crippen LogP contribution in [0, 0.1) is 0 Å². The minimum Gasteiger partial charge on any atom is -0.372 e. The molecule has 2 aromatic rings. The Labute approximate surface area is 133 Å². The standard InChI is InChI=1S/C16H14Cl2N2O/c1-10-16(21)20(15-5-3-2-4-14(15)19-10)9-11-6-7-12(17)8-13(11)18/h2-8,10,19H,9H2,1H3.